The lowest BCUT2D eigenvalue weighted by atomic mass is 9.90. The van der Waals surface area contributed by atoms with Crippen molar-refractivity contribution in [3.63, 3.8) is 0 Å². The molecule has 3 atom stereocenters. The molecule has 0 radical (unpaired) electrons. The second-order valence-corrected chi connectivity index (χ2v) is 14.7. The van der Waals surface area contributed by atoms with Crippen molar-refractivity contribution in [2.24, 2.45) is 5.92 Å². The number of thiophene rings is 1. The van der Waals surface area contributed by atoms with Gasteiger partial charge in [0, 0.05) is 48.6 Å². The van der Waals surface area contributed by atoms with Crippen molar-refractivity contribution in [3.05, 3.63) is 155 Å². The van der Waals surface area contributed by atoms with Crippen LogP contribution in [0, 0.1) is 28.6 Å². The largest absolute Gasteiger partial charge is 0.332 e. The van der Waals surface area contributed by atoms with E-state index < -0.39 is 0 Å². The summed E-state index contributed by atoms with van der Waals surface area (Å²) < 4.78 is 3.77. The Bertz CT molecular complexity index is 2740. The normalized spacial score (nSPS) is 18.7. The molecule has 2 aromatic heterocycles. The lowest BCUT2D eigenvalue weighted by molar-refractivity contribution is 0.724. The van der Waals surface area contributed by atoms with Crippen LogP contribution in [0.4, 0.5) is 11.4 Å². The summed E-state index contributed by atoms with van der Waals surface area (Å²) in [5, 5.41) is 24.1. The van der Waals surface area contributed by atoms with Gasteiger partial charge in [0.25, 0.3) is 0 Å². The van der Waals surface area contributed by atoms with Crippen LogP contribution in [0.3, 0.4) is 0 Å². The Morgan fingerprint density at radius 2 is 1.68 bits per heavy atom. The van der Waals surface area contributed by atoms with E-state index in [0.29, 0.717) is 17.0 Å². The van der Waals surface area contributed by atoms with E-state index in [9.17, 15) is 10.5 Å². The quantitative estimate of drug-likeness (QED) is 0.190. The number of nitrogens with zero attached hydrogens (tertiary/aromatic N) is 4. The van der Waals surface area contributed by atoms with E-state index in [4.69, 9.17) is 0 Å². The first-order valence-electron chi connectivity index (χ1n) is 17.1. The first-order chi connectivity index (χ1) is 24.6. The maximum absolute atomic E-state index is 10.6. The molecule has 0 fully saturated rings. The number of hydrogen-bond donors (Lipinski definition) is 0. The van der Waals surface area contributed by atoms with E-state index in [1.807, 2.05) is 41.7 Å². The Labute approximate surface area is 294 Å². The van der Waals surface area contributed by atoms with Gasteiger partial charge in [-0.2, -0.15) is 10.5 Å². The van der Waals surface area contributed by atoms with Crippen LogP contribution in [-0.2, 0) is 6.42 Å². The third kappa shape index (κ3) is 4.08. The van der Waals surface area contributed by atoms with Crippen molar-refractivity contribution in [2.75, 3.05) is 4.90 Å². The standard InChI is InChI=1S/C45H30N4S/c1-27-14-20-41-37(22-27)43-42(50-41)21-17-34-36-24-29(16-19-39(36)48(45(34)43)31-9-3-2-4-10-31)32-12-7-8-30(26-47)44(32)49-38-13-6-5-11-33(38)35-23-28(25-46)15-18-40(35)49/h2-21,23-24,27,33,38H,22H2,1H3. The van der Waals surface area contributed by atoms with Crippen LogP contribution in [-0.4, -0.2) is 10.6 Å². The smallest absolute Gasteiger partial charge is 0.101 e. The highest BCUT2D eigenvalue weighted by atomic mass is 32.1. The fourth-order valence-corrected chi connectivity index (χ4v) is 9.71. The number of fused-ring (bicyclic) bond motifs is 10. The molecule has 7 aromatic rings. The molecule has 3 heterocycles. The molecule has 0 spiro atoms. The molecule has 5 aromatic carbocycles. The summed E-state index contributed by atoms with van der Waals surface area (Å²) in [5.74, 6) is 0.588. The molecule has 0 N–H and O–H groups in total. The van der Waals surface area contributed by atoms with Gasteiger partial charge in [0.2, 0.25) is 0 Å². The van der Waals surface area contributed by atoms with Crippen molar-refractivity contribution >= 4 is 60.7 Å². The predicted octanol–water partition coefficient (Wildman–Crippen LogP) is 11.3. The van der Waals surface area contributed by atoms with E-state index in [1.165, 1.54) is 36.8 Å². The zero-order chi connectivity index (χ0) is 33.5. The Morgan fingerprint density at radius 1 is 0.800 bits per heavy atom. The Balaban J connectivity index is 1.24. The average Bonchev–Trinajstić information content (AvgIpc) is 3.81. The third-order valence-electron chi connectivity index (χ3n) is 10.7. The van der Waals surface area contributed by atoms with E-state index in [2.05, 4.69) is 132 Å². The third-order valence-corrected chi connectivity index (χ3v) is 11.9. The van der Waals surface area contributed by atoms with E-state index in [0.717, 1.165) is 45.7 Å². The number of allylic oxidation sites excluding steroid dienone is 3. The fraction of sp³-hybridized carbons (Fsp3) is 0.111. The highest BCUT2D eigenvalue weighted by molar-refractivity contribution is 7.20. The van der Waals surface area contributed by atoms with Gasteiger partial charge in [-0.25, -0.2) is 0 Å². The van der Waals surface area contributed by atoms with Gasteiger partial charge in [-0.15, -0.1) is 11.3 Å². The molecule has 0 amide bonds. The van der Waals surface area contributed by atoms with Crippen LogP contribution in [0.2, 0.25) is 0 Å². The number of hydrogen-bond acceptors (Lipinski definition) is 4. The Kier molecular flexibility index (Phi) is 6.31. The summed E-state index contributed by atoms with van der Waals surface area (Å²) in [6, 6.07) is 39.0. The molecular formula is C45H30N4S. The summed E-state index contributed by atoms with van der Waals surface area (Å²) in [6.45, 7) is 2.30. The van der Waals surface area contributed by atoms with Gasteiger partial charge in [0.05, 0.1) is 40.0 Å². The van der Waals surface area contributed by atoms with Gasteiger partial charge in [-0.05, 0) is 89.7 Å². The summed E-state index contributed by atoms with van der Waals surface area (Å²) >= 11 is 1.89. The summed E-state index contributed by atoms with van der Waals surface area (Å²) in [7, 11) is 0. The van der Waals surface area contributed by atoms with Gasteiger partial charge in [-0.3, -0.25) is 0 Å². The fourth-order valence-electron chi connectivity index (χ4n) is 8.56. The topological polar surface area (TPSA) is 55.8 Å². The zero-order valence-electron chi connectivity index (χ0n) is 27.3. The number of nitriles is 2. The van der Waals surface area contributed by atoms with E-state index >= 15 is 0 Å². The Hall–Kier alpha value is -6.14. The minimum absolute atomic E-state index is 0.00425. The summed E-state index contributed by atoms with van der Waals surface area (Å²) in [5.41, 5.74) is 11.4. The molecule has 0 saturated carbocycles. The van der Waals surface area contributed by atoms with Gasteiger partial charge < -0.3 is 9.47 Å². The Morgan fingerprint density at radius 3 is 2.54 bits per heavy atom. The molecule has 4 nitrogen and oxygen atoms in total. The molecule has 0 saturated heterocycles. The first kappa shape index (κ1) is 28.8. The van der Waals surface area contributed by atoms with Gasteiger partial charge >= 0.3 is 0 Å². The van der Waals surface area contributed by atoms with Crippen LogP contribution < -0.4 is 4.90 Å². The van der Waals surface area contributed by atoms with Crippen LogP contribution >= 0.6 is 11.3 Å². The van der Waals surface area contributed by atoms with Crippen molar-refractivity contribution < 1.29 is 0 Å². The molecule has 3 unspecified atom stereocenters. The predicted molar refractivity (Wildman–Crippen MR) is 206 cm³/mol. The first-order valence-corrected chi connectivity index (χ1v) is 17.9. The lowest BCUT2D eigenvalue weighted by Crippen LogP contribution is -2.29. The molecule has 2 aliphatic carbocycles. The van der Waals surface area contributed by atoms with Gasteiger partial charge in [0.15, 0.2) is 0 Å². The lowest BCUT2D eigenvalue weighted by Gasteiger charge is -2.31. The van der Waals surface area contributed by atoms with Crippen LogP contribution in [0.1, 0.15) is 40.0 Å². The second-order valence-electron chi connectivity index (χ2n) is 13.6. The maximum Gasteiger partial charge on any atom is 0.101 e. The molecule has 0 bridgehead atoms. The van der Waals surface area contributed by atoms with Crippen LogP contribution in [0.5, 0.6) is 0 Å². The minimum atomic E-state index is -0.00425. The van der Waals surface area contributed by atoms with Crippen molar-refractivity contribution in [2.45, 2.75) is 25.3 Å². The average molecular weight is 659 g/mol. The van der Waals surface area contributed by atoms with E-state index in [-0.39, 0.29) is 12.0 Å². The van der Waals surface area contributed by atoms with Crippen molar-refractivity contribution in [3.8, 4) is 29.0 Å². The monoisotopic (exact) mass is 658 g/mol. The zero-order valence-corrected chi connectivity index (χ0v) is 28.2. The molecule has 236 valence electrons. The maximum atomic E-state index is 10.6. The molecular weight excluding hydrogens is 629 g/mol. The number of para-hydroxylation sites is 2. The number of aromatic nitrogens is 1. The van der Waals surface area contributed by atoms with Crippen molar-refractivity contribution in [1.82, 2.24) is 4.57 Å². The van der Waals surface area contributed by atoms with Gasteiger partial charge in [0.1, 0.15) is 6.07 Å². The van der Waals surface area contributed by atoms with Crippen LogP contribution in [0.15, 0.2) is 127 Å². The highest BCUT2D eigenvalue weighted by Crippen LogP contribution is 2.52. The highest BCUT2D eigenvalue weighted by Gasteiger charge is 2.39. The van der Waals surface area contributed by atoms with Crippen molar-refractivity contribution in [1.29, 1.82) is 10.5 Å². The second kappa shape index (κ2) is 10.9. The number of rotatable bonds is 3. The minimum Gasteiger partial charge on any atom is -0.332 e. The molecule has 50 heavy (non-hydrogen) atoms. The van der Waals surface area contributed by atoms with Crippen LogP contribution in [0.25, 0.3) is 54.8 Å². The summed E-state index contributed by atoms with van der Waals surface area (Å²) in [6.07, 6.45) is 14.3. The molecule has 3 aliphatic rings. The van der Waals surface area contributed by atoms with E-state index in [1.54, 1.807) is 0 Å². The number of anilines is 2. The number of benzene rings is 5. The molecule has 5 heteroatoms. The molecule has 10 rings (SSSR count). The SMILES string of the molecule is CC1C=Cc2sc3ccc4c5cc(-c6cccc(C#N)c6N6c7ccc(C#N)cc7C7C=CC=CC76)ccc5n(-c5ccccc5)c4c3c2C1. The summed E-state index contributed by atoms with van der Waals surface area (Å²) in [4.78, 5) is 3.69. The van der Waals surface area contributed by atoms with Gasteiger partial charge in [-0.1, -0.05) is 79.8 Å². The molecule has 1 aliphatic heterocycles.